The monoisotopic (exact) mass is 604 g/mol. The molecule has 0 fully saturated rings. The van der Waals surface area contributed by atoms with E-state index >= 15 is 0 Å². The van der Waals surface area contributed by atoms with Crippen LogP contribution in [0.2, 0.25) is 0 Å². The Labute approximate surface area is 240 Å². The van der Waals surface area contributed by atoms with Crippen molar-refractivity contribution in [1.82, 2.24) is 21.3 Å². The molecule has 0 heterocycles. The van der Waals surface area contributed by atoms with E-state index < -0.39 is 91.2 Å². The lowest BCUT2D eigenvalue weighted by Gasteiger charge is -2.26. The Hall–Kier alpha value is -4.52. The molecule has 42 heavy (non-hydrogen) atoms. The molecule has 0 aliphatic carbocycles. The average Bonchev–Trinajstić information content (AvgIpc) is 2.86. The highest BCUT2D eigenvalue weighted by Gasteiger charge is 2.33. The first-order chi connectivity index (χ1) is 19.5. The maximum Gasteiger partial charge on any atom is 0.328 e. The van der Waals surface area contributed by atoms with Crippen molar-refractivity contribution in [3.05, 3.63) is 0 Å². The van der Waals surface area contributed by atoms with Gasteiger partial charge < -0.3 is 58.9 Å². The fourth-order valence-electron chi connectivity index (χ4n) is 3.42. The van der Waals surface area contributed by atoms with E-state index in [0.717, 1.165) is 0 Å². The largest absolute Gasteiger partial charge is 0.481 e. The lowest BCUT2D eigenvalue weighted by Crippen LogP contribution is -2.59. The second-order valence-electron chi connectivity index (χ2n) is 9.65. The first-order valence-electron chi connectivity index (χ1n) is 12.8. The van der Waals surface area contributed by atoms with Crippen molar-refractivity contribution >= 4 is 47.5 Å². The number of aliphatic carboxylic acids is 3. The number of carboxylic acid groups (broad SMARTS) is 3. The quantitative estimate of drug-likeness (QED) is 0.0354. The Morgan fingerprint density at radius 1 is 0.714 bits per heavy atom. The number of rotatable bonds is 20. The molecule has 19 nitrogen and oxygen atoms in total. The van der Waals surface area contributed by atoms with Gasteiger partial charge in [-0.15, -0.1) is 0 Å². The summed E-state index contributed by atoms with van der Waals surface area (Å²) in [4.78, 5) is 88.4. The number of aliphatic hydroxyl groups excluding tert-OH is 1. The third-order valence-electron chi connectivity index (χ3n) is 5.46. The third-order valence-corrected chi connectivity index (χ3v) is 5.46. The van der Waals surface area contributed by atoms with E-state index in [-0.39, 0.29) is 37.7 Å². The van der Waals surface area contributed by atoms with Crippen LogP contribution in [0.1, 0.15) is 46.0 Å². The molecule has 0 saturated heterocycles. The van der Waals surface area contributed by atoms with E-state index in [4.69, 9.17) is 32.5 Å². The molecule has 4 amide bonds. The highest BCUT2D eigenvalue weighted by molar-refractivity contribution is 5.96. The smallest absolute Gasteiger partial charge is 0.328 e. The van der Waals surface area contributed by atoms with Gasteiger partial charge in [-0.25, -0.2) is 4.79 Å². The number of nitrogens with one attached hydrogen (secondary N) is 4. The Morgan fingerprint density at radius 3 is 1.67 bits per heavy atom. The van der Waals surface area contributed by atoms with Crippen molar-refractivity contribution in [2.75, 3.05) is 13.2 Å². The average molecular weight is 605 g/mol. The van der Waals surface area contributed by atoms with Crippen molar-refractivity contribution in [2.45, 2.75) is 76.2 Å². The maximum absolute atomic E-state index is 13.2. The van der Waals surface area contributed by atoms with Gasteiger partial charge in [0.15, 0.2) is 5.96 Å². The molecule has 0 aromatic carbocycles. The number of aliphatic hydroxyl groups is 1. The van der Waals surface area contributed by atoms with Gasteiger partial charge in [0.25, 0.3) is 0 Å². The van der Waals surface area contributed by atoms with Crippen LogP contribution in [0.4, 0.5) is 0 Å². The van der Waals surface area contributed by atoms with Gasteiger partial charge in [-0.1, -0.05) is 13.8 Å². The molecule has 0 aromatic rings. The lowest BCUT2D eigenvalue weighted by atomic mass is 10.0. The van der Waals surface area contributed by atoms with Gasteiger partial charge in [-0.2, -0.15) is 0 Å². The zero-order valence-corrected chi connectivity index (χ0v) is 23.2. The first kappa shape index (κ1) is 37.5. The fraction of sp³-hybridized carbons (Fsp3) is 0.652. The summed E-state index contributed by atoms with van der Waals surface area (Å²) >= 11 is 0. The van der Waals surface area contributed by atoms with Gasteiger partial charge in [-0.3, -0.25) is 33.8 Å². The van der Waals surface area contributed by atoms with Crippen LogP contribution in [0.5, 0.6) is 0 Å². The molecule has 5 atom stereocenters. The second kappa shape index (κ2) is 18.8. The minimum atomic E-state index is -1.78. The number of guanidine groups is 1. The standard InChI is InChI=1S/C23H40N8O11/c1-10(2)6-13(20(39)30-14(8-17(35)36)21(40)31-15(9-32)22(41)42)29-19(38)12(4-3-5-27-23(25)26)28-18(37)11(24)7-16(33)34/h10-15,32H,3-9,24H2,1-2H3,(H,28,37)(H,29,38)(H,30,39)(H,31,40)(H,33,34)(H,35,36)(H,41,42)(H4,25,26,27)/t11-,12-,13+,14-,15-/m0/s1. The topological polar surface area (TPSA) is 339 Å². The van der Waals surface area contributed by atoms with Crippen LogP contribution in [0.25, 0.3) is 0 Å². The van der Waals surface area contributed by atoms with E-state index in [1.165, 1.54) is 0 Å². The van der Waals surface area contributed by atoms with Crippen molar-refractivity contribution in [1.29, 1.82) is 0 Å². The molecule has 238 valence electrons. The number of nitrogens with two attached hydrogens (primary N) is 3. The molecule has 14 N–H and O–H groups in total. The zero-order chi connectivity index (χ0) is 32.6. The summed E-state index contributed by atoms with van der Waals surface area (Å²) in [6, 6.07) is -7.73. The highest BCUT2D eigenvalue weighted by Crippen LogP contribution is 2.09. The molecule has 0 aliphatic heterocycles. The summed E-state index contributed by atoms with van der Waals surface area (Å²) in [7, 11) is 0. The van der Waals surface area contributed by atoms with Crippen molar-refractivity contribution in [3.63, 3.8) is 0 Å². The SMILES string of the molecule is CC(C)C[C@@H](NC(=O)[C@H](CCCN=C(N)N)NC(=O)[C@@H](N)CC(=O)O)C(=O)N[C@@H](CC(=O)O)C(=O)N[C@@H](CO)C(=O)O. The lowest BCUT2D eigenvalue weighted by molar-refractivity contribution is -0.144. The number of nitrogens with zero attached hydrogens (tertiary/aromatic N) is 1. The van der Waals surface area contributed by atoms with Gasteiger partial charge in [0.2, 0.25) is 23.6 Å². The summed E-state index contributed by atoms with van der Waals surface area (Å²) in [6.07, 6.45) is -1.59. The Balaban J connectivity index is 5.92. The van der Waals surface area contributed by atoms with Crippen LogP contribution in [0.3, 0.4) is 0 Å². The number of carbonyl (C=O) groups excluding carboxylic acids is 4. The van der Waals surface area contributed by atoms with E-state index in [2.05, 4.69) is 20.9 Å². The molecule has 0 aliphatic rings. The molecule has 0 unspecified atom stereocenters. The van der Waals surface area contributed by atoms with Crippen LogP contribution in [0.15, 0.2) is 4.99 Å². The number of hydrogen-bond acceptors (Lipinski definition) is 10. The first-order valence-corrected chi connectivity index (χ1v) is 12.8. The second-order valence-corrected chi connectivity index (χ2v) is 9.65. The van der Waals surface area contributed by atoms with Gasteiger partial charge >= 0.3 is 17.9 Å². The number of hydrogen-bond donors (Lipinski definition) is 11. The molecule has 0 radical (unpaired) electrons. The molecule has 0 aromatic heterocycles. The van der Waals surface area contributed by atoms with Crippen molar-refractivity contribution < 1.29 is 54.0 Å². The van der Waals surface area contributed by atoms with Crippen LogP contribution in [-0.2, 0) is 33.6 Å². The van der Waals surface area contributed by atoms with Gasteiger partial charge in [0, 0.05) is 6.54 Å². The zero-order valence-electron chi connectivity index (χ0n) is 23.2. The Morgan fingerprint density at radius 2 is 1.19 bits per heavy atom. The molecular weight excluding hydrogens is 564 g/mol. The summed E-state index contributed by atoms with van der Waals surface area (Å²) < 4.78 is 0. The van der Waals surface area contributed by atoms with E-state index in [1.807, 2.05) is 5.32 Å². The molecule has 0 saturated carbocycles. The minimum Gasteiger partial charge on any atom is -0.481 e. The predicted molar refractivity (Wildman–Crippen MR) is 144 cm³/mol. The predicted octanol–water partition coefficient (Wildman–Crippen LogP) is -4.62. The van der Waals surface area contributed by atoms with Crippen molar-refractivity contribution in [3.8, 4) is 0 Å². The summed E-state index contributed by atoms with van der Waals surface area (Å²) in [5.41, 5.74) is 16.1. The third kappa shape index (κ3) is 15.3. The number of carbonyl (C=O) groups is 7. The fourth-order valence-corrected chi connectivity index (χ4v) is 3.42. The minimum absolute atomic E-state index is 0.0133. The number of aliphatic imine (C=N–C) groups is 1. The molecule has 0 bridgehead atoms. The highest BCUT2D eigenvalue weighted by atomic mass is 16.4. The maximum atomic E-state index is 13.2. The summed E-state index contributed by atoms with van der Waals surface area (Å²) in [5, 5.41) is 45.1. The summed E-state index contributed by atoms with van der Waals surface area (Å²) in [5.74, 6) is -8.97. The summed E-state index contributed by atoms with van der Waals surface area (Å²) in [6.45, 7) is 2.46. The van der Waals surface area contributed by atoms with E-state index in [0.29, 0.717) is 0 Å². The van der Waals surface area contributed by atoms with Gasteiger partial charge in [0.05, 0.1) is 25.5 Å². The number of carboxylic acids is 3. The van der Waals surface area contributed by atoms with E-state index in [1.54, 1.807) is 13.8 Å². The van der Waals surface area contributed by atoms with Crippen molar-refractivity contribution in [2.24, 2.45) is 28.1 Å². The number of amides is 4. The Kier molecular flexibility index (Phi) is 16.7. The molecule has 0 rings (SSSR count). The molecular formula is C23H40N8O11. The van der Waals surface area contributed by atoms with Crippen LogP contribution in [0, 0.1) is 5.92 Å². The van der Waals surface area contributed by atoms with Crippen LogP contribution >= 0.6 is 0 Å². The van der Waals surface area contributed by atoms with Crippen LogP contribution in [-0.4, -0.2) is 111 Å². The van der Waals surface area contributed by atoms with Gasteiger partial charge in [0.1, 0.15) is 24.2 Å². The molecule has 19 heteroatoms. The van der Waals surface area contributed by atoms with Gasteiger partial charge in [-0.05, 0) is 25.2 Å². The van der Waals surface area contributed by atoms with Crippen LogP contribution < -0.4 is 38.5 Å². The molecule has 0 spiro atoms. The van der Waals surface area contributed by atoms with E-state index in [9.17, 15) is 38.7 Å². The Bertz CT molecular complexity index is 1020. The normalized spacial score (nSPS) is 14.3.